The Morgan fingerprint density at radius 1 is 1.00 bits per heavy atom. The first-order valence-corrected chi connectivity index (χ1v) is 6.23. The second kappa shape index (κ2) is 6.02. The molecule has 0 fully saturated rings. The summed E-state index contributed by atoms with van der Waals surface area (Å²) in [4.78, 5) is 23.0. The molecule has 0 heterocycles. The molecule has 0 aliphatic rings. The summed E-state index contributed by atoms with van der Waals surface area (Å²) in [5, 5.41) is 9.25. The number of benzene rings is 2. The highest BCUT2D eigenvalue weighted by Gasteiger charge is 2.18. The van der Waals surface area contributed by atoms with E-state index in [-0.39, 0.29) is 17.7 Å². The van der Waals surface area contributed by atoms with Gasteiger partial charge in [0, 0.05) is 0 Å². The molecule has 0 radical (unpaired) electrons. The van der Waals surface area contributed by atoms with Crippen LogP contribution in [0.15, 0.2) is 48.5 Å². The Labute approximate surface area is 116 Å². The molecule has 0 atom stereocenters. The Balaban J connectivity index is 2.48. The van der Waals surface area contributed by atoms with Crippen LogP contribution in [-0.4, -0.2) is 23.7 Å². The molecule has 102 valence electrons. The van der Waals surface area contributed by atoms with E-state index in [2.05, 4.69) is 0 Å². The van der Waals surface area contributed by atoms with Crippen LogP contribution in [0.25, 0.3) is 11.1 Å². The second-order valence-electron chi connectivity index (χ2n) is 4.15. The summed E-state index contributed by atoms with van der Waals surface area (Å²) >= 11 is 0. The van der Waals surface area contributed by atoms with Gasteiger partial charge >= 0.3 is 11.9 Å². The molecule has 2 aromatic carbocycles. The molecular formula is C16H14O4. The Morgan fingerprint density at radius 3 is 2.30 bits per heavy atom. The smallest absolute Gasteiger partial charge is 0.338 e. The molecule has 0 aliphatic heterocycles. The third-order valence-corrected chi connectivity index (χ3v) is 2.85. The van der Waals surface area contributed by atoms with Crippen LogP contribution < -0.4 is 0 Å². The fourth-order valence-electron chi connectivity index (χ4n) is 1.92. The van der Waals surface area contributed by atoms with Crippen LogP contribution in [0.2, 0.25) is 0 Å². The topological polar surface area (TPSA) is 63.6 Å². The standard InChI is InChI=1S/C16H14O4/c1-2-20-16(19)13-9-8-12(10-14(13)15(17)18)11-6-4-3-5-7-11/h3-10H,2H2,1H3,(H,17,18). The van der Waals surface area contributed by atoms with Gasteiger partial charge in [-0.15, -0.1) is 0 Å². The van der Waals surface area contributed by atoms with Crippen molar-refractivity contribution in [3.63, 3.8) is 0 Å². The lowest BCUT2D eigenvalue weighted by Crippen LogP contribution is -2.11. The van der Waals surface area contributed by atoms with Crippen molar-refractivity contribution < 1.29 is 19.4 Å². The van der Waals surface area contributed by atoms with Crippen LogP contribution >= 0.6 is 0 Å². The first kappa shape index (κ1) is 13.8. The monoisotopic (exact) mass is 270 g/mol. The van der Waals surface area contributed by atoms with Crippen molar-refractivity contribution in [3.8, 4) is 11.1 Å². The van der Waals surface area contributed by atoms with Crippen molar-refractivity contribution >= 4 is 11.9 Å². The lowest BCUT2D eigenvalue weighted by atomic mass is 9.99. The highest BCUT2D eigenvalue weighted by molar-refractivity contribution is 6.03. The number of carbonyl (C=O) groups excluding carboxylic acids is 1. The number of carboxylic acids is 1. The summed E-state index contributed by atoms with van der Waals surface area (Å²) in [6.07, 6.45) is 0. The molecule has 20 heavy (non-hydrogen) atoms. The summed E-state index contributed by atoms with van der Waals surface area (Å²) in [6.45, 7) is 1.88. The molecular weight excluding hydrogens is 256 g/mol. The maximum Gasteiger partial charge on any atom is 0.338 e. The third kappa shape index (κ3) is 2.85. The average molecular weight is 270 g/mol. The molecule has 0 saturated carbocycles. The van der Waals surface area contributed by atoms with E-state index in [0.717, 1.165) is 11.1 Å². The van der Waals surface area contributed by atoms with E-state index in [9.17, 15) is 14.7 Å². The zero-order chi connectivity index (χ0) is 14.5. The van der Waals surface area contributed by atoms with Gasteiger partial charge < -0.3 is 9.84 Å². The predicted molar refractivity (Wildman–Crippen MR) is 74.8 cm³/mol. The molecule has 1 N–H and O–H groups in total. The lowest BCUT2D eigenvalue weighted by Gasteiger charge is -2.08. The number of esters is 1. The van der Waals surface area contributed by atoms with Crippen molar-refractivity contribution in [3.05, 3.63) is 59.7 Å². The summed E-state index contributed by atoms with van der Waals surface area (Å²) in [7, 11) is 0. The van der Waals surface area contributed by atoms with Gasteiger partial charge in [-0.25, -0.2) is 9.59 Å². The fourth-order valence-corrected chi connectivity index (χ4v) is 1.92. The molecule has 2 rings (SSSR count). The van der Waals surface area contributed by atoms with E-state index in [1.54, 1.807) is 13.0 Å². The van der Waals surface area contributed by atoms with Crippen LogP contribution in [0.5, 0.6) is 0 Å². The van der Waals surface area contributed by atoms with Crippen LogP contribution in [0.3, 0.4) is 0 Å². The number of hydrogen-bond acceptors (Lipinski definition) is 3. The Bertz CT molecular complexity index is 632. The van der Waals surface area contributed by atoms with E-state index in [4.69, 9.17) is 4.74 Å². The van der Waals surface area contributed by atoms with Crippen molar-refractivity contribution in [1.29, 1.82) is 0 Å². The zero-order valence-corrected chi connectivity index (χ0v) is 11.0. The summed E-state index contributed by atoms with van der Waals surface area (Å²) in [5.41, 5.74) is 1.66. The molecule has 2 aromatic rings. The van der Waals surface area contributed by atoms with E-state index in [1.807, 2.05) is 30.3 Å². The minimum absolute atomic E-state index is 0.0511. The molecule has 0 spiro atoms. The van der Waals surface area contributed by atoms with Crippen molar-refractivity contribution in [2.45, 2.75) is 6.92 Å². The van der Waals surface area contributed by atoms with E-state index in [1.165, 1.54) is 12.1 Å². The van der Waals surface area contributed by atoms with Crippen molar-refractivity contribution in [2.75, 3.05) is 6.61 Å². The van der Waals surface area contributed by atoms with Gasteiger partial charge in [-0.2, -0.15) is 0 Å². The molecule has 0 aromatic heterocycles. The number of aromatic carboxylic acids is 1. The van der Waals surface area contributed by atoms with Crippen LogP contribution in [-0.2, 0) is 4.74 Å². The summed E-state index contributed by atoms with van der Waals surface area (Å²) in [6, 6.07) is 14.1. The van der Waals surface area contributed by atoms with Gasteiger partial charge in [0.2, 0.25) is 0 Å². The first-order chi connectivity index (χ1) is 9.63. The number of rotatable bonds is 4. The van der Waals surface area contributed by atoms with Crippen LogP contribution in [0, 0.1) is 0 Å². The number of carboxylic acid groups (broad SMARTS) is 1. The van der Waals surface area contributed by atoms with Gasteiger partial charge in [0.1, 0.15) is 0 Å². The van der Waals surface area contributed by atoms with Gasteiger partial charge in [-0.3, -0.25) is 0 Å². The van der Waals surface area contributed by atoms with Crippen molar-refractivity contribution in [2.24, 2.45) is 0 Å². The van der Waals surface area contributed by atoms with Crippen LogP contribution in [0.1, 0.15) is 27.6 Å². The minimum Gasteiger partial charge on any atom is -0.478 e. The van der Waals surface area contributed by atoms with Gasteiger partial charge in [-0.1, -0.05) is 36.4 Å². The SMILES string of the molecule is CCOC(=O)c1ccc(-c2ccccc2)cc1C(=O)O. The van der Waals surface area contributed by atoms with Gasteiger partial charge in [0.05, 0.1) is 17.7 Å². The molecule has 4 heteroatoms. The number of ether oxygens (including phenoxy) is 1. The van der Waals surface area contributed by atoms with E-state index >= 15 is 0 Å². The number of carbonyl (C=O) groups is 2. The third-order valence-electron chi connectivity index (χ3n) is 2.85. The van der Waals surface area contributed by atoms with E-state index < -0.39 is 11.9 Å². The van der Waals surface area contributed by atoms with Crippen LogP contribution in [0.4, 0.5) is 0 Å². The second-order valence-corrected chi connectivity index (χ2v) is 4.15. The summed E-state index contributed by atoms with van der Waals surface area (Å²) in [5.74, 6) is -1.77. The quantitative estimate of drug-likeness (QED) is 0.866. The van der Waals surface area contributed by atoms with E-state index in [0.29, 0.717) is 0 Å². The Morgan fingerprint density at radius 2 is 1.70 bits per heavy atom. The molecule has 0 amide bonds. The Kier molecular flexibility index (Phi) is 4.15. The first-order valence-electron chi connectivity index (χ1n) is 6.23. The molecule has 0 saturated heterocycles. The van der Waals surface area contributed by atoms with Gasteiger partial charge in [0.15, 0.2) is 0 Å². The maximum absolute atomic E-state index is 11.7. The largest absolute Gasteiger partial charge is 0.478 e. The summed E-state index contributed by atoms with van der Waals surface area (Å²) < 4.78 is 4.86. The average Bonchev–Trinajstić information content (AvgIpc) is 2.47. The zero-order valence-electron chi connectivity index (χ0n) is 11.0. The predicted octanol–water partition coefficient (Wildman–Crippen LogP) is 3.23. The highest BCUT2D eigenvalue weighted by Crippen LogP contribution is 2.23. The lowest BCUT2D eigenvalue weighted by molar-refractivity contribution is 0.0514. The number of hydrogen-bond donors (Lipinski definition) is 1. The Hall–Kier alpha value is -2.62. The molecule has 0 bridgehead atoms. The minimum atomic E-state index is -1.15. The maximum atomic E-state index is 11.7. The van der Waals surface area contributed by atoms with Crippen molar-refractivity contribution in [1.82, 2.24) is 0 Å². The molecule has 4 nitrogen and oxygen atoms in total. The normalized spacial score (nSPS) is 10.1. The fraction of sp³-hybridized carbons (Fsp3) is 0.125. The molecule has 0 unspecified atom stereocenters. The molecule has 0 aliphatic carbocycles. The van der Waals surface area contributed by atoms with Gasteiger partial charge in [-0.05, 0) is 30.2 Å². The highest BCUT2D eigenvalue weighted by atomic mass is 16.5. The van der Waals surface area contributed by atoms with Gasteiger partial charge in [0.25, 0.3) is 0 Å².